The second kappa shape index (κ2) is 54.9. The number of carbonyl (C=O) groups excluding carboxylic acids is 2. The van der Waals surface area contributed by atoms with E-state index in [4.69, 9.17) is 4.74 Å². The van der Waals surface area contributed by atoms with Gasteiger partial charge in [0.25, 0.3) is 0 Å². The summed E-state index contributed by atoms with van der Waals surface area (Å²) in [6.07, 6.45) is 66.2. The number of carbonyl (C=O) groups is 2. The van der Waals surface area contributed by atoms with Crippen LogP contribution in [0.3, 0.4) is 0 Å². The van der Waals surface area contributed by atoms with E-state index in [1.54, 1.807) is 6.08 Å². The fourth-order valence-corrected chi connectivity index (χ4v) is 8.98. The minimum absolute atomic E-state index is 0.00381. The van der Waals surface area contributed by atoms with Crippen molar-refractivity contribution in [1.29, 1.82) is 0 Å². The number of ether oxygens (including phenoxy) is 1. The molecule has 2 atom stereocenters. The van der Waals surface area contributed by atoms with Crippen LogP contribution in [-0.4, -0.2) is 47.4 Å². The van der Waals surface area contributed by atoms with E-state index in [9.17, 15) is 19.8 Å². The molecular formula is C59H113NO5. The van der Waals surface area contributed by atoms with Crippen molar-refractivity contribution in [2.75, 3.05) is 13.2 Å². The Kier molecular flexibility index (Phi) is 53.5. The maximum absolute atomic E-state index is 12.5. The van der Waals surface area contributed by atoms with Crippen LogP contribution in [-0.2, 0) is 14.3 Å². The number of hydrogen-bond acceptors (Lipinski definition) is 5. The van der Waals surface area contributed by atoms with Gasteiger partial charge >= 0.3 is 5.97 Å². The third kappa shape index (κ3) is 51.6. The summed E-state index contributed by atoms with van der Waals surface area (Å²) in [7, 11) is 0. The molecule has 0 bridgehead atoms. The molecular weight excluding hydrogens is 803 g/mol. The standard InChI is InChI=1S/C59H113NO5/c1-3-5-7-9-11-13-15-17-18-21-24-28-31-35-39-43-47-51-57(62)56(55-61)60-58(63)52-48-44-40-36-32-29-25-22-19-20-23-26-30-34-38-42-46-50-54-65-59(64)53-49-45-41-37-33-27-16-14-12-10-8-6-4-2/h22,25,47,51,56-57,61-62H,3-21,23-24,26-46,48-50,52-55H2,1-2H3,(H,60,63)/b25-22-,51-47+. The van der Waals surface area contributed by atoms with Gasteiger partial charge in [-0.1, -0.05) is 269 Å². The number of unbranched alkanes of at least 4 members (excludes halogenated alkanes) is 41. The number of aliphatic hydroxyl groups is 2. The van der Waals surface area contributed by atoms with Gasteiger partial charge in [0, 0.05) is 12.8 Å². The summed E-state index contributed by atoms with van der Waals surface area (Å²) in [4.78, 5) is 24.5. The summed E-state index contributed by atoms with van der Waals surface area (Å²) in [6.45, 7) is 4.90. The lowest BCUT2D eigenvalue weighted by Gasteiger charge is -2.20. The number of allylic oxidation sites excluding steroid dienone is 3. The fourth-order valence-electron chi connectivity index (χ4n) is 8.98. The van der Waals surface area contributed by atoms with Crippen LogP contribution in [0.1, 0.15) is 316 Å². The molecule has 0 saturated heterocycles. The van der Waals surface area contributed by atoms with Crippen molar-refractivity contribution in [1.82, 2.24) is 5.32 Å². The monoisotopic (exact) mass is 916 g/mol. The molecule has 0 rings (SSSR count). The smallest absolute Gasteiger partial charge is 0.305 e. The molecule has 384 valence electrons. The Balaban J connectivity index is 3.48. The average Bonchev–Trinajstić information content (AvgIpc) is 3.31. The molecule has 0 fully saturated rings. The lowest BCUT2D eigenvalue weighted by Crippen LogP contribution is -2.45. The maximum atomic E-state index is 12.5. The Morgan fingerprint density at radius 3 is 1.09 bits per heavy atom. The molecule has 6 heteroatoms. The molecule has 6 nitrogen and oxygen atoms in total. The minimum atomic E-state index is -0.853. The van der Waals surface area contributed by atoms with Crippen molar-refractivity contribution in [2.45, 2.75) is 328 Å². The van der Waals surface area contributed by atoms with E-state index in [2.05, 4.69) is 31.3 Å². The number of rotatable bonds is 54. The van der Waals surface area contributed by atoms with E-state index >= 15 is 0 Å². The second-order valence-electron chi connectivity index (χ2n) is 20.0. The van der Waals surface area contributed by atoms with Gasteiger partial charge in [0.2, 0.25) is 5.91 Å². The van der Waals surface area contributed by atoms with Crippen molar-refractivity contribution in [3.63, 3.8) is 0 Å². The van der Waals surface area contributed by atoms with Gasteiger partial charge in [-0.2, -0.15) is 0 Å². The maximum Gasteiger partial charge on any atom is 0.305 e. The van der Waals surface area contributed by atoms with E-state index in [0.717, 1.165) is 57.8 Å². The van der Waals surface area contributed by atoms with Crippen molar-refractivity contribution in [2.24, 2.45) is 0 Å². The molecule has 0 aromatic carbocycles. The highest BCUT2D eigenvalue weighted by Gasteiger charge is 2.18. The Hall–Kier alpha value is -1.66. The first-order valence-corrected chi connectivity index (χ1v) is 29.1. The van der Waals surface area contributed by atoms with Crippen LogP contribution < -0.4 is 5.32 Å². The number of esters is 1. The zero-order valence-electron chi connectivity index (χ0n) is 43.7. The SMILES string of the molecule is CCCCCCCCCCCCCCCCC/C=C/C(O)C(CO)NC(=O)CCCCCCC/C=C\CCCCCCCCCCCOC(=O)CCCCCCCCCCCCCCC. The Morgan fingerprint density at radius 1 is 0.415 bits per heavy atom. The molecule has 0 aromatic heterocycles. The van der Waals surface area contributed by atoms with Gasteiger partial charge in [0.15, 0.2) is 0 Å². The molecule has 2 unspecified atom stereocenters. The predicted octanol–water partition coefficient (Wildman–Crippen LogP) is 17.9. The van der Waals surface area contributed by atoms with Gasteiger partial charge in [-0.15, -0.1) is 0 Å². The van der Waals surface area contributed by atoms with Gasteiger partial charge in [-0.25, -0.2) is 0 Å². The lowest BCUT2D eigenvalue weighted by atomic mass is 10.0. The summed E-state index contributed by atoms with van der Waals surface area (Å²) in [5, 5.41) is 23.1. The van der Waals surface area contributed by atoms with Crippen LogP contribution in [0.5, 0.6) is 0 Å². The lowest BCUT2D eigenvalue weighted by molar-refractivity contribution is -0.143. The van der Waals surface area contributed by atoms with Gasteiger partial charge in [0.1, 0.15) is 0 Å². The first kappa shape index (κ1) is 63.3. The molecule has 0 aromatic rings. The van der Waals surface area contributed by atoms with Crippen LogP contribution in [0.2, 0.25) is 0 Å². The molecule has 3 N–H and O–H groups in total. The van der Waals surface area contributed by atoms with Gasteiger partial charge < -0.3 is 20.3 Å². The average molecular weight is 917 g/mol. The molecule has 0 heterocycles. The largest absolute Gasteiger partial charge is 0.466 e. The van der Waals surface area contributed by atoms with E-state index in [-0.39, 0.29) is 18.5 Å². The van der Waals surface area contributed by atoms with E-state index in [0.29, 0.717) is 19.4 Å². The van der Waals surface area contributed by atoms with Gasteiger partial charge in [-0.3, -0.25) is 9.59 Å². The summed E-state index contributed by atoms with van der Waals surface area (Å²) in [6, 6.07) is -0.637. The number of nitrogens with one attached hydrogen (secondary N) is 1. The topological polar surface area (TPSA) is 95.9 Å². The summed E-state index contributed by atoms with van der Waals surface area (Å²) < 4.78 is 5.47. The third-order valence-corrected chi connectivity index (χ3v) is 13.5. The zero-order chi connectivity index (χ0) is 47.2. The molecule has 1 amide bonds. The third-order valence-electron chi connectivity index (χ3n) is 13.5. The van der Waals surface area contributed by atoms with Crippen molar-refractivity contribution >= 4 is 11.9 Å². The van der Waals surface area contributed by atoms with Crippen LogP contribution >= 0.6 is 0 Å². The van der Waals surface area contributed by atoms with Crippen LogP contribution in [0.4, 0.5) is 0 Å². The molecule has 0 saturated carbocycles. The highest BCUT2D eigenvalue weighted by molar-refractivity contribution is 5.76. The van der Waals surface area contributed by atoms with Crippen LogP contribution in [0.25, 0.3) is 0 Å². The Bertz CT molecular complexity index is 1010. The molecule has 0 aliphatic rings. The summed E-state index contributed by atoms with van der Waals surface area (Å²) >= 11 is 0. The normalized spacial score (nSPS) is 12.7. The summed E-state index contributed by atoms with van der Waals surface area (Å²) in [5.74, 6) is -0.0767. The second-order valence-corrected chi connectivity index (χ2v) is 20.0. The number of hydrogen-bond donors (Lipinski definition) is 3. The van der Waals surface area contributed by atoms with Gasteiger partial charge in [0.05, 0.1) is 25.4 Å². The number of aliphatic hydroxyl groups excluding tert-OH is 2. The molecule has 0 aliphatic carbocycles. The Labute approximate surface area is 405 Å². The summed E-state index contributed by atoms with van der Waals surface area (Å²) in [5.41, 5.74) is 0. The van der Waals surface area contributed by atoms with E-state index in [1.807, 2.05) is 6.08 Å². The zero-order valence-corrected chi connectivity index (χ0v) is 43.7. The minimum Gasteiger partial charge on any atom is -0.466 e. The molecule has 65 heavy (non-hydrogen) atoms. The van der Waals surface area contributed by atoms with Crippen molar-refractivity contribution < 1.29 is 24.5 Å². The molecule has 0 aliphatic heterocycles. The Morgan fingerprint density at radius 2 is 0.723 bits per heavy atom. The highest BCUT2D eigenvalue weighted by atomic mass is 16.5. The predicted molar refractivity (Wildman–Crippen MR) is 283 cm³/mol. The fraction of sp³-hybridized carbons (Fsp3) is 0.898. The first-order chi connectivity index (χ1) is 32.0. The van der Waals surface area contributed by atoms with Crippen LogP contribution in [0.15, 0.2) is 24.3 Å². The van der Waals surface area contributed by atoms with Crippen molar-refractivity contribution in [3.8, 4) is 0 Å². The quantitative estimate of drug-likeness (QED) is 0.0321. The van der Waals surface area contributed by atoms with Gasteiger partial charge in [-0.05, 0) is 57.8 Å². The van der Waals surface area contributed by atoms with E-state index in [1.165, 1.54) is 231 Å². The molecule has 0 radical (unpaired) electrons. The van der Waals surface area contributed by atoms with Crippen molar-refractivity contribution in [3.05, 3.63) is 24.3 Å². The highest BCUT2D eigenvalue weighted by Crippen LogP contribution is 2.17. The van der Waals surface area contributed by atoms with E-state index < -0.39 is 12.1 Å². The number of amides is 1. The van der Waals surface area contributed by atoms with Crippen LogP contribution in [0, 0.1) is 0 Å². The molecule has 0 spiro atoms. The first-order valence-electron chi connectivity index (χ1n) is 29.1.